The maximum atomic E-state index is 12.2. The number of cyclic esters (lactones) is 1. The Labute approximate surface area is 141 Å². The first-order valence-electron chi connectivity index (χ1n) is 7.20. The fraction of sp³-hybridized carbons (Fsp3) is 0.176. The van der Waals surface area contributed by atoms with Crippen molar-refractivity contribution in [1.29, 1.82) is 0 Å². The number of aliphatic carboxylic acids is 2. The Hall–Kier alpha value is -3.26. The average Bonchev–Trinajstić information content (AvgIpc) is 2.58. The highest BCUT2D eigenvalue weighted by atomic mass is 16.6. The fourth-order valence-corrected chi connectivity index (χ4v) is 3.13. The van der Waals surface area contributed by atoms with E-state index in [2.05, 4.69) is 4.98 Å². The lowest BCUT2D eigenvalue weighted by Crippen LogP contribution is -2.67. The minimum absolute atomic E-state index is 0.000231. The molecule has 1 unspecified atom stereocenters. The topological polar surface area (TPSA) is 134 Å². The van der Waals surface area contributed by atoms with Crippen LogP contribution in [-0.4, -0.2) is 43.8 Å². The largest absolute Gasteiger partial charge is 0.478 e. The second-order valence-electron chi connectivity index (χ2n) is 5.63. The van der Waals surface area contributed by atoms with E-state index < -0.39 is 29.1 Å². The predicted molar refractivity (Wildman–Crippen MR) is 81.8 cm³/mol. The van der Waals surface area contributed by atoms with Gasteiger partial charge < -0.3 is 20.1 Å². The zero-order chi connectivity index (χ0) is 18.4. The third kappa shape index (κ3) is 1.97. The first-order valence-corrected chi connectivity index (χ1v) is 7.20. The first kappa shape index (κ1) is 16.6. The molecule has 0 spiro atoms. The van der Waals surface area contributed by atoms with Gasteiger partial charge in [-0.05, 0) is 24.1 Å². The van der Waals surface area contributed by atoms with Crippen LogP contribution in [0.2, 0.25) is 0 Å². The van der Waals surface area contributed by atoms with Crippen molar-refractivity contribution in [2.45, 2.75) is 18.1 Å². The number of nitrogens with zero attached hydrogens (tertiary/aromatic N) is 1. The van der Waals surface area contributed by atoms with E-state index in [4.69, 9.17) is 4.74 Å². The molecule has 0 radical (unpaired) electrons. The van der Waals surface area contributed by atoms with E-state index in [1.807, 2.05) is 0 Å². The number of fused-ring (bicyclic) bond motifs is 1. The van der Waals surface area contributed by atoms with E-state index in [0.29, 0.717) is 5.56 Å². The summed E-state index contributed by atoms with van der Waals surface area (Å²) in [5.41, 5.74) is -5.87. The van der Waals surface area contributed by atoms with Crippen molar-refractivity contribution >= 4 is 17.9 Å². The number of hydrogen-bond donors (Lipinski definition) is 3. The molecule has 8 nitrogen and oxygen atoms in total. The summed E-state index contributed by atoms with van der Waals surface area (Å²) in [5, 5.41) is 30.8. The monoisotopic (exact) mass is 343 g/mol. The van der Waals surface area contributed by atoms with Gasteiger partial charge >= 0.3 is 23.5 Å². The Morgan fingerprint density at radius 3 is 2.32 bits per heavy atom. The van der Waals surface area contributed by atoms with E-state index in [1.165, 1.54) is 24.4 Å². The van der Waals surface area contributed by atoms with Crippen LogP contribution >= 0.6 is 0 Å². The summed E-state index contributed by atoms with van der Waals surface area (Å²) >= 11 is 0. The summed E-state index contributed by atoms with van der Waals surface area (Å²) in [6.07, 6.45) is 2.32. The van der Waals surface area contributed by atoms with Crippen LogP contribution in [0.15, 0.2) is 42.7 Å². The molecule has 1 aliphatic rings. The van der Waals surface area contributed by atoms with Crippen molar-refractivity contribution in [3.05, 3.63) is 65.0 Å². The lowest BCUT2D eigenvalue weighted by atomic mass is 9.68. The third-order valence-electron chi connectivity index (χ3n) is 4.32. The van der Waals surface area contributed by atoms with Crippen molar-refractivity contribution in [1.82, 2.24) is 4.98 Å². The number of carbonyl (C=O) groups is 3. The van der Waals surface area contributed by atoms with Gasteiger partial charge in [-0.1, -0.05) is 24.3 Å². The summed E-state index contributed by atoms with van der Waals surface area (Å²) in [7, 11) is 0. The molecule has 1 atom stereocenters. The molecule has 8 heteroatoms. The molecule has 128 valence electrons. The highest BCUT2D eigenvalue weighted by Gasteiger charge is 2.71. The number of carboxylic acids is 2. The smallest absolute Gasteiger partial charge is 0.364 e. The van der Waals surface area contributed by atoms with Crippen LogP contribution in [0.5, 0.6) is 0 Å². The van der Waals surface area contributed by atoms with Gasteiger partial charge in [0.2, 0.25) is 0 Å². The molecule has 0 amide bonds. The molecule has 0 bridgehead atoms. The molecular weight excluding hydrogens is 330 g/mol. The number of esters is 1. The van der Waals surface area contributed by atoms with E-state index in [1.54, 1.807) is 19.1 Å². The molecule has 25 heavy (non-hydrogen) atoms. The summed E-state index contributed by atoms with van der Waals surface area (Å²) in [5.74, 6) is -5.19. The van der Waals surface area contributed by atoms with Gasteiger partial charge in [0, 0.05) is 18.0 Å². The molecule has 1 aromatic carbocycles. The molecule has 1 aliphatic heterocycles. The predicted octanol–water partition coefficient (Wildman–Crippen LogP) is 0.704. The lowest BCUT2D eigenvalue weighted by molar-refractivity contribution is -0.205. The third-order valence-corrected chi connectivity index (χ3v) is 4.32. The van der Waals surface area contributed by atoms with Crippen molar-refractivity contribution in [3.8, 4) is 0 Å². The standard InChI is InChI=1S/C17H13NO7/c1-9-4-2-3-5-11(9)16(24)12-6-7-18-8-10(12)13(19)25-17(16,14(20)21)15(22)23/h2-8,24H,1H3,(H,20,21)(H,22,23). The van der Waals surface area contributed by atoms with Gasteiger partial charge in [-0.2, -0.15) is 0 Å². The fourth-order valence-electron chi connectivity index (χ4n) is 3.13. The van der Waals surface area contributed by atoms with E-state index in [0.717, 1.165) is 6.20 Å². The van der Waals surface area contributed by atoms with Crippen LogP contribution in [0.25, 0.3) is 0 Å². The van der Waals surface area contributed by atoms with Crippen LogP contribution in [0.1, 0.15) is 27.0 Å². The van der Waals surface area contributed by atoms with Gasteiger partial charge in [0.05, 0.1) is 5.56 Å². The number of hydrogen-bond acceptors (Lipinski definition) is 6. The number of rotatable bonds is 3. The van der Waals surface area contributed by atoms with E-state index in [9.17, 15) is 29.7 Å². The van der Waals surface area contributed by atoms with Crippen molar-refractivity contribution in [3.63, 3.8) is 0 Å². The zero-order valence-corrected chi connectivity index (χ0v) is 13.0. The number of carbonyl (C=O) groups excluding carboxylic acids is 1. The van der Waals surface area contributed by atoms with Crippen LogP contribution in [-0.2, 0) is 19.9 Å². The van der Waals surface area contributed by atoms with E-state index in [-0.39, 0.29) is 16.7 Å². The number of ether oxygens (including phenoxy) is 1. The molecule has 3 rings (SSSR count). The minimum Gasteiger partial charge on any atom is -0.478 e. The SMILES string of the molecule is Cc1ccccc1C1(O)c2ccncc2C(=O)OC1(C(=O)O)C(=O)O. The second kappa shape index (κ2) is 5.38. The van der Waals surface area contributed by atoms with Crippen LogP contribution < -0.4 is 0 Å². The quantitative estimate of drug-likeness (QED) is 0.548. The Morgan fingerprint density at radius 1 is 1.08 bits per heavy atom. The number of carboxylic acid groups (broad SMARTS) is 2. The van der Waals surface area contributed by atoms with Crippen LogP contribution in [0, 0.1) is 6.92 Å². The minimum atomic E-state index is -3.25. The molecule has 1 aromatic heterocycles. The van der Waals surface area contributed by atoms with Crippen molar-refractivity contribution in [2.75, 3.05) is 0 Å². The molecule has 0 saturated heterocycles. The Balaban J connectivity index is 2.50. The normalized spacial score (nSPS) is 21.1. The maximum Gasteiger partial charge on any atom is 0.364 e. The number of pyridine rings is 1. The van der Waals surface area contributed by atoms with Gasteiger partial charge in [-0.15, -0.1) is 0 Å². The molecule has 0 aliphatic carbocycles. The van der Waals surface area contributed by atoms with Crippen molar-refractivity contribution < 1.29 is 34.4 Å². The molecule has 3 N–H and O–H groups in total. The van der Waals surface area contributed by atoms with Gasteiger partial charge in [-0.25, -0.2) is 14.4 Å². The molecule has 0 fully saturated rings. The number of aliphatic hydroxyl groups is 1. The summed E-state index contributed by atoms with van der Waals surface area (Å²) in [6, 6.07) is 7.35. The molecule has 2 heterocycles. The highest BCUT2D eigenvalue weighted by Crippen LogP contribution is 2.48. The number of benzene rings is 1. The number of aromatic nitrogens is 1. The van der Waals surface area contributed by atoms with Gasteiger partial charge in [0.1, 0.15) is 0 Å². The Bertz CT molecular complexity index is 893. The molecule has 0 saturated carbocycles. The number of aryl methyl sites for hydroxylation is 1. The van der Waals surface area contributed by atoms with Crippen LogP contribution in [0.3, 0.4) is 0 Å². The summed E-state index contributed by atoms with van der Waals surface area (Å²) in [4.78, 5) is 39.9. The highest BCUT2D eigenvalue weighted by molar-refractivity contribution is 6.10. The van der Waals surface area contributed by atoms with Gasteiger partial charge in [-0.3, -0.25) is 4.98 Å². The summed E-state index contributed by atoms with van der Waals surface area (Å²) < 4.78 is 4.82. The Morgan fingerprint density at radius 2 is 1.72 bits per heavy atom. The summed E-state index contributed by atoms with van der Waals surface area (Å²) in [6.45, 7) is 1.58. The molecular formula is C17H13NO7. The molecule has 2 aromatic rings. The van der Waals surface area contributed by atoms with E-state index >= 15 is 0 Å². The van der Waals surface area contributed by atoms with Crippen molar-refractivity contribution in [2.24, 2.45) is 0 Å². The van der Waals surface area contributed by atoms with Gasteiger partial charge in [0.25, 0.3) is 0 Å². The maximum absolute atomic E-state index is 12.2. The Kier molecular flexibility index (Phi) is 3.57. The zero-order valence-electron chi connectivity index (χ0n) is 13.0. The van der Waals surface area contributed by atoms with Gasteiger partial charge in [0.15, 0.2) is 5.60 Å². The second-order valence-corrected chi connectivity index (χ2v) is 5.63. The lowest BCUT2D eigenvalue weighted by Gasteiger charge is -2.44. The average molecular weight is 343 g/mol. The van der Waals surface area contributed by atoms with Crippen LogP contribution in [0.4, 0.5) is 0 Å². The first-order chi connectivity index (χ1) is 11.8.